The smallest absolute Gasteiger partial charge is 0.293 e. The molecule has 66 valence electrons. The first-order chi connectivity index (χ1) is 5.56. The van der Waals surface area contributed by atoms with Crippen molar-refractivity contribution in [3.8, 4) is 0 Å². The van der Waals surface area contributed by atoms with Gasteiger partial charge < -0.3 is 10.5 Å². The lowest BCUT2D eigenvalue weighted by atomic mass is 10.1. The maximum atomic E-state index is 10.1. The predicted octanol–water partition coefficient (Wildman–Crippen LogP) is 1.13. The summed E-state index contributed by atoms with van der Waals surface area (Å²) >= 11 is 1.32. The molecule has 0 spiro atoms. The number of aromatic nitrogens is 1. The van der Waals surface area contributed by atoms with Crippen LogP contribution in [0, 0.1) is 0 Å². The molecule has 1 aromatic rings. The molecule has 0 aliphatic carbocycles. The average molecular weight is 186 g/mol. The van der Waals surface area contributed by atoms with Gasteiger partial charge in [-0.05, 0) is 13.8 Å². The molecular weight excluding hydrogens is 176 g/mol. The lowest BCUT2D eigenvalue weighted by molar-refractivity contribution is -0.140. The number of thiazole rings is 1. The van der Waals surface area contributed by atoms with Crippen LogP contribution < -0.4 is 5.73 Å². The van der Waals surface area contributed by atoms with Gasteiger partial charge in [0.1, 0.15) is 5.60 Å². The predicted molar refractivity (Wildman–Crippen MR) is 46.7 cm³/mol. The molecule has 0 saturated carbocycles. The normalized spacial score (nSPS) is 11.2. The van der Waals surface area contributed by atoms with Crippen LogP contribution in [-0.4, -0.2) is 11.5 Å². The fraction of sp³-hybridized carbons (Fsp3) is 0.429. The van der Waals surface area contributed by atoms with Crippen LogP contribution in [-0.2, 0) is 15.1 Å². The highest BCUT2D eigenvalue weighted by atomic mass is 32.1. The number of carbonyl (C=O) groups excluding carboxylic acids is 1. The number of ether oxygens (including phenoxy) is 1. The van der Waals surface area contributed by atoms with Crippen molar-refractivity contribution < 1.29 is 9.53 Å². The second-order valence-electron chi connectivity index (χ2n) is 2.79. The van der Waals surface area contributed by atoms with Gasteiger partial charge in [0.15, 0.2) is 5.13 Å². The maximum Gasteiger partial charge on any atom is 0.293 e. The minimum atomic E-state index is -0.628. The van der Waals surface area contributed by atoms with Gasteiger partial charge in [0.05, 0.1) is 4.88 Å². The van der Waals surface area contributed by atoms with Gasteiger partial charge >= 0.3 is 0 Å². The Morgan fingerprint density at radius 3 is 2.83 bits per heavy atom. The van der Waals surface area contributed by atoms with E-state index < -0.39 is 5.60 Å². The summed E-state index contributed by atoms with van der Waals surface area (Å²) in [6, 6.07) is 0. The molecule has 4 nitrogen and oxygen atoms in total. The summed E-state index contributed by atoms with van der Waals surface area (Å²) in [6.45, 7) is 4.00. The highest BCUT2D eigenvalue weighted by Gasteiger charge is 2.24. The third-order valence-electron chi connectivity index (χ3n) is 1.46. The van der Waals surface area contributed by atoms with Crippen LogP contribution in [0.25, 0.3) is 0 Å². The van der Waals surface area contributed by atoms with Crippen molar-refractivity contribution >= 4 is 22.9 Å². The van der Waals surface area contributed by atoms with E-state index in [4.69, 9.17) is 10.5 Å². The van der Waals surface area contributed by atoms with E-state index >= 15 is 0 Å². The lowest BCUT2D eigenvalue weighted by Gasteiger charge is -2.19. The molecule has 0 amide bonds. The summed E-state index contributed by atoms with van der Waals surface area (Å²) in [6.07, 6.45) is 1.61. The van der Waals surface area contributed by atoms with E-state index in [9.17, 15) is 4.79 Å². The van der Waals surface area contributed by atoms with Crippen molar-refractivity contribution in [2.75, 3.05) is 5.73 Å². The first-order valence-electron chi connectivity index (χ1n) is 3.39. The number of nitrogens with zero attached hydrogens (tertiary/aromatic N) is 1. The highest BCUT2D eigenvalue weighted by Crippen LogP contribution is 2.29. The molecule has 0 aromatic carbocycles. The number of nitrogens with two attached hydrogens (primary N) is 1. The van der Waals surface area contributed by atoms with Crippen molar-refractivity contribution in [1.82, 2.24) is 4.98 Å². The first kappa shape index (κ1) is 8.99. The molecular formula is C7H10N2O2S. The average Bonchev–Trinajstić information content (AvgIpc) is 2.36. The number of anilines is 1. The van der Waals surface area contributed by atoms with Gasteiger partial charge in [0, 0.05) is 6.20 Å². The minimum absolute atomic E-state index is 0.426. The molecule has 1 heterocycles. The maximum absolute atomic E-state index is 10.1. The molecule has 2 N–H and O–H groups in total. The second-order valence-corrected chi connectivity index (χ2v) is 3.85. The second kappa shape index (κ2) is 3.10. The summed E-state index contributed by atoms with van der Waals surface area (Å²) in [4.78, 5) is 14.8. The minimum Gasteiger partial charge on any atom is -0.456 e. The molecule has 12 heavy (non-hydrogen) atoms. The van der Waals surface area contributed by atoms with Gasteiger partial charge in [-0.2, -0.15) is 0 Å². The van der Waals surface area contributed by atoms with Gasteiger partial charge in [-0.15, -0.1) is 0 Å². The van der Waals surface area contributed by atoms with Gasteiger partial charge in [-0.25, -0.2) is 4.98 Å². The number of rotatable bonds is 3. The zero-order valence-electron chi connectivity index (χ0n) is 6.90. The van der Waals surface area contributed by atoms with Crippen LogP contribution in [0.5, 0.6) is 0 Å². The Bertz CT molecular complexity index is 283. The molecule has 1 aromatic heterocycles. The molecule has 0 bridgehead atoms. The Morgan fingerprint density at radius 2 is 2.42 bits per heavy atom. The van der Waals surface area contributed by atoms with Gasteiger partial charge in [0.2, 0.25) is 0 Å². The van der Waals surface area contributed by atoms with Crippen LogP contribution in [0.1, 0.15) is 18.7 Å². The molecule has 0 aliphatic heterocycles. The molecule has 0 radical (unpaired) electrons. The fourth-order valence-electron chi connectivity index (χ4n) is 0.744. The molecule has 0 saturated heterocycles. The summed E-state index contributed by atoms with van der Waals surface area (Å²) < 4.78 is 4.86. The van der Waals surface area contributed by atoms with Gasteiger partial charge in [-0.1, -0.05) is 11.3 Å². The third kappa shape index (κ3) is 1.73. The van der Waals surface area contributed by atoms with Gasteiger partial charge in [-0.3, -0.25) is 4.79 Å². The molecule has 0 aliphatic rings. The summed E-state index contributed by atoms with van der Waals surface area (Å²) in [5, 5.41) is 0.479. The topological polar surface area (TPSA) is 65.2 Å². The summed E-state index contributed by atoms with van der Waals surface area (Å²) in [7, 11) is 0. The molecule has 0 atom stereocenters. The van der Waals surface area contributed by atoms with E-state index in [-0.39, 0.29) is 0 Å². The Morgan fingerprint density at radius 1 is 1.75 bits per heavy atom. The molecule has 1 rings (SSSR count). The SMILES string of the molecule is CC(C)(OC=O)c1cnc(N)s1. The zero-order valence-corrected chi connectivity index (χ0v) is 7.72. The Kier molecular flexibility index (Phi) is 2.32. The highest BCUT2D eigenvalue weighted by molar-refractivity contribution is 7.15. The Labute approximate surface area is 74.4 Å². The molecule has 0 unspecified atom stereocenters. The lowest BCUT2D eigenvalue weighted by Crippen LogP contribution is -2.19. The van der Waals surface area contributed by atoms with Crippen LogP contribution in [0.2, 0.25) is 0 Å². The number of carbonyl (C=O) groups is 1. The summed E-state index contributed by atoms with van der Waals surface area (Å²) in [5.41, 5.74) is 4.81. The van der Waals surface area contributed by atoms with E-state index in [1.165, 1.54) is 11.3 Å². The molecule has 5 heteroatoms. The standard InChI is InChI=1S/C7H10N2O2S/c1-7(2,11-4-10)5-3-9-6(8)12-5/h3-4H,1-2H3,(H2,8,9). The monoisotopic (exact) mass is 186 g/mol. The largest absolute Gasteiger partial charge is 0.456 e. The Balaban J connectivity index is 2.88. The number of hydrogen-bond acceptors (Lipinski definition) is 5. The number of nitrogen functional groups attached to an aromatic ring is 1. The Hall–Kier alpha value is -1.10. The van der Waals surface area contributed by atoms with Crippen LogP contribution in [0.3, 0.4) is 0 Å². The summed E-state index contributed by atoms with van der Waals surface area (Å²) in [5.74, 6) is 0. The van der Waals surface area contributed by atoms with Crippen LogP contribution in [0.15, 0.2) is 6.20 Å². The van der Waals surface area contributed by atoms with E-state index in [1.54, 1.807) is 20.0 Å². The van der Waals surface area contributed by atoms with Crippen molar-refractivity contribution in [3.05, 3.63) is 11.1 Å². The quantitative estimate of drug-likeness (QED) is 0.719. The first-order valence-corrected chi connectivity index (χ1v) is 4.21. The molecule has 0 fully saturated rings. The van der Waals surface area contributed by atoms with Crippen LogP contribution in [0.4, 0.5) is 5.13 Å². The van der Waals surface area contributed by atoms with E-state index in [2.05, 4.69) is 4.98 Å². The van der Waals surface area contributed by atoms with Crippen molar-refractivity contribution in [2.24, 2.45) is 0 Å². The van der Waals surface area contributed by atoms with Gasteiger partial charge in [0.25, 0.3) is 6.47 Å². The van der Waals surface area contributed by atoms with E-state index in [0.717, 1.165) is 4.88 Å². The van der Waals surface area contributed by atoms with Crippen molar-refractivity contribution in [2.45, 2.75) is 19.4 Å². The van der Waals surface area contributed by atoms with Crippen molar-refractivity contribution in [3.63, 3.8) is 0 Å². The van der Waals surface area contributed by atoms with Crippen molar-refractivity contribution in [1.29, 1.82) is 0 Å². The fourth-order valence-corrected chi connectivity index (χ4v) is 1.47. The van der Waals surface area contributed by atoms with E-state index in [0.29, 0.717) is 11.6 Å². The van der Waals surface area contributed by atoms with Crippen LogP contribution >= 0.6 is 11.3 Å². The number of hydrogen-bond donors (Lipinski definition) is 1. The van der Waals surface area contributed by atoms with E-state index in [1.807, 2.05) is 0 Å². The third-order valence-corrected chi connectivity index (χ3v) is 2.59. The zero-order chi connectivity index (χ0) is 9.19.